The first-order valence-electron chi connectivity index (χ1n) is 3.75. The number of hydrogen-bond acceptors (Lipinski definition) is 3. The molecule has 66 valence electrons. The summed E-state index contributed by atoms with van der Waals surface area (Å²) in [7, 11) is 0. The number of thiophene rings is 1. The maximum atomic E-state index is 5.63. The molecule has 0 radical (unpaired) electrons. The summed E-state index contributed by atoms with van der Waals surface area (Å²) in [6.45, 7) is 0.601. The molecule has 2 nitrogen and oxygen atoms in total. The molecule has 0 bridgehead atoms. The lowest BCUT2D eigenvalue weighted by Gasteiger charge is -2.07. The van der Waals surface area contributed by atoms with Crippen molar-refractivity contribution in [1.82, 2.24) is 0 Å². The molecule has 2 atom stereocenters. The van der Waals surface area contributed by atoms with E-state index in [0.29, 0.717) is 12.5 Å². The van der Waals surface area contributed by atoms with E-state index in [2.05, 4.69) is 0 Å². The zero-order valence-corrected chi connectivity index (χ0v) is 7.98. The van der Waals surface area contributed by atoms with Gasteiger partial charge in [-0.3, -0.25) is 0 Å². The molecule has 12 heavy (non-hydrogen) atoms. The third-order valence-electron chi connectivity index (χ3n) is 1.74. The van der Waals surface area contributed by atoms with Gasteiger partial charge < -0.3 is 9.47 Å². The molecule has 1 aliphatic heterocycles. The van der Waals surface area contributed by atoms with Crippen molar-refractivity contribution in [3.8, 4) is 0 Å². The van der Waals surface area contributed by atoms with Crippen LogP contribution in [0.3, 0.4) is 0 Å². The third-order valence-corrected chi connectivity index (χ3v) is 2.78. The van der Waals surface area contributed by atoms with Gasteiger partial charge >= 0.3 is 0 Å². The van der Waals surface area contributed by atoms with E-state index >= 15 is 0 Å². The lowest BCUT2D eigenvalue weighted by atomic mass is 10.3. The Morgan fingerprint density at radius 3 is 3.17 bits per heavy atom. The highest BCUT2D eigenvalue weighted by Gasteiger charge is 2.26. The second-order valence-corrected chi connectivity index (χ2v) is 3.72. The SMILES string of the molecule is ClC[C@H]1CO[C@@H](c2ccsc2)O1. The van der Waals surface area contributed by atoms with Crippen LogP contribution in [0.15, 0.2) is 16.8 Å². The molecule has 2 heterocycles. The van der Waals surface area contributed by atoms with Crippen LogP contribution in [0, 0.1) is 0 Å². The lowest BCUT2D eigenvalue weighted by molar-refractivity contribution is -0.0564. The number of rotatable bonds is 2. The second kappa shape index (κ2) is 3.75. The summed E-state index contributed by atoms with van der Waals surface area (Å²) in [6, 6.07) is 2.01. The number of ether oxygens (including phenoxy) is 2. The average Bonchev–Trinajstić information content (AvgIpc) is 2.75. The summed E-state index contributed by atoms with van der Waals surface area (Å²) >= 11 is 7.27. The van der Waals surface area contributed by atoms with Crippen LogP contribution in [0.2, 0.25) is 0 Å². The zero-order chi connectivity index (χ0) is 8.39. The van der Waals surface area contributed by atoms with Crippen LogP contribution in [0.1, 0.15) is 11.9 Å². The number of alkyl halides is 1. The molecule has 1 aromatic rings. The maximum Gasteiger partial charge on any atom is 0.185 e. The molecular weight excluding hydrogens is 196 g/mol. The standard InChI is InChI=1S/C8H9ClO2S/c9-3-7-4-10-8(11-7)6-1-2-12-5-6/h1-2,5,7-8H,3-4H2/t7-,8+/m0/s1. The summed E-state index contributed by atoms with van der Waals surface area (Å²) in [5, 5.41) is 4.04. The van der Waals surface area contributed by atoms with Gasteiger partial charge in [-0.1, -0.05) is 0 Å². The molecule has 1 fully saturated rings. The fourth-order valence-corrected chi connectivity index (χ4v) is 1.94. The van der Waals surface area contributed by atoms with Crippen LogP contribution in [0.5, 0.6) is 0 Å². The highest BCUT2D eigenvalue weighted by Crippen LogP contribution is 2.28. The van der Waals surface area contributed by atoms with Crippen molar-refractivity contribution in [2.24, 2.45) is 0 Å². The predicted molar refractivity (Wildman–Crippen MR) is 48.6 cm³/mol. The highest BCUT2D eigenvalue weighted by atomic mass is 35.5. The minimum atomic E-state index is -0.194. The number of hydrogen-bond donors (Lipinski definition) is 0. The summed E-state index contributed by atoms with van der Waals surface area (Å²) in [6.07, 6.45) is -0.142. The topological polar surface area (TPSA) is 18.5 Å². The quantitative estimate of drug-likeness (QED) is 0.689. The molecule has 4 heteroatoms. The average molecular weight is 205 g/mol. The van der Waals surface area contributed by atoms with Crippen molar-refractivity contribution in [2.45, 2.75) is 12.4 Å². The fourth-order valence-electron chi connectivity index (χ4n) is 1.11. The first-order valence-corrected chi connectivity index (χ1v) is 5.23. The fraction of sp³-hybridized carbons (Fsp3) is 0.500. The Kier molecular flexibility index (Phi) is 2.66. The van der Waals surface area contributed by atoms with Gasteiger partial charge in [-0.2, -0.15) is 11.3 Å². The molecule has 1 aliphatic rings. The predicted octanol–water partition coefficient (Wildman–Crippen LogP) is 2.40. The van der Waals surface area contributed by atoms with Crippen molar-refractivity contribution in [1.29, 1.82) is 0 Å². The van der Waals surface area contributed by atoms with Gasteiger partial charge in [-0.05, 0) is 16.8 Å². The van der Waals surface area contributed by atoms with Gasteiger partial charge in [0.15, 0.2) is 6.29 Å². The van der Waals surface area contributed by atoms with Gasteiger partial charge in [0.25, 0.3) is 0 Å². The van der Waals surface area contributed by atoms with Crippen LogP contribution >= 0.6 is 22.9 Å². The smallest absolute Gasteiger partial charge is 0.185 e. The molecule has 0 saturated carbocycles. The van der Waals surface area contributed by atoms with Gasteiger partial charge in [0.2, 0.25) is 0 Å². The van der Waals surface area contributed by atoms with Crippen LogP contribution in [-0.4, -0.2) is 18.6 Å². The van der Waals surface area contributed by atoms with E-state index in [0.717, 1.165) is 5.56 Å². The minimum absolute atomic E-state index is 0.0524. The highest BCUT2D eigenvalue weighted by molar-refractivity contribution is 7.07. The molecular formula is C8H9ClO2S. The first kappa shape index (κ1) is 8.51. The normalized spacial score (nSPS) is 29.4. The molecule has 0 aliphatic carbocycles. The van der Waals surface area contributed by atoms with E-state index in [1.165, 1.54) is 0 Å². The van der Waals surface area contributed by atoms with Crippen LogP contribution in [0.4, 0.5) is 0 Å². The van der Waals surface area contributed by atoms with E-state index in [-0.39, 0.29) is 12.4 Å². The van der Waals surface area contributed by atoms with E-state index in [4.69, 9.17) is 21.1 Å². The molecule has 1 saturated heterocycles. The molecule has 0 amide bonds. The molecule has 1 aromatic heterocycles. The Morgan fingerprint density at radius 1 is 1.67 bits per heavy atom. The largest absolute Gasteiger partial charge is 0.346 e. The van der Waals surface area contributed by atoms with E-state index < -0.39 is 0 Å². The molecule has 2 rings (SSSR count). The van der Waals surface area contributed by atoms with Gasteiger partial charge in [0.05, 0.1) is 18.6 Å². The lowest BCUT2D eigenvalue weighted by Crippen LogP contribution is -2.10. The van der Waals surface area contributed by atoms with Crippen molar-refractivity contribution in [3.63, 3.8) is 0 Å². The Hall–Kier alpha value is -0.0900. The maximum absolute atomic E-state index is 5.63. The van der Waals surface area contributed by atoms with Gasteiger partial charge in [0, 0.05) is 5.56 Å². The van der Waals surface area contributed by atoms with Crippen molar-refractivity contribution in [2.75, 3.05) is 12.5 Å². The number of halogens is 1. The second-order valence-electron chi connectivity index (χ2n) is 2.63. The van der Waals surface area contributed by atoms with Crippen molar-refractivity contribution >= 4 is 22.9 Å². The van der Waals surface area contributed by atoms with Crippen molar-refractivity contribution < 1.29 is 9.47 Å². The van der Waals surface area contributed by atoms with E-state index in [1.54, 1.807) is 11.3 Å². The first-order chi connectivity index (χ1) is 5.90. The summed E-state index contributed by atoms with van der Waals surface area (Å²) in [4.78, 5) is 0. The van der Waals surface area contributed by atoms with Gasteiger partial charge in [0.1, 0.15) is 0 Å². The molecule has 0 N–H and O–H groups in total. The molecule has 0 aromatic carbocycles. The Labute approximate surface area is 80.1 Å². The molecule has 0 spiro atoms. The van der Waals surface area contributed by atoms with E-state index in [9.17, 15) is 0 Å². The zero-order valence-electron chi connectivity index (χ0n) is 6.40. The van der Waals surface area contributed by atoms with Gasteiger partial charge in [-0.15, -0.1) is 11.6 Å². The summed E-state index contributed by atoms with van der Waals surface area (Å²) in [5.41, 5.74) is 1.09. The van der Waals surface area contributed by atoms with Crippen LogP contribution in [0.25, 0.3) is 0 Å². The van der Waals surface area contributed by atoms with Crippen LogP contribution in [-0.2, 0) is 9.47 Å². The monoisotopic (exact) mass is 204 g/mol. The summed E-state index contributed by atoms with van der Waals surface area (Å²) in [5.74, 6) is 0.501. The Balaban J connectivity index is 2.00. The minimum Gasteiger partial charge on any atom is -0.346 e. The third kappa shape index (κ3) is 1.64. The summed E-state index contributed by atoms with van der Waals surface area (Å²) < 4.78 is 10.9. The van der Waals surface area contributed by atoms with E-state index in [1.807, 2.05) is 16.8 Å². The Bertz CT molecular complexity index is 237. The van der Waals surface area contributed by atoms with Gasteiger partial charge in [-0.25, -0.2) is 0 Å². The Morgan fingerprint density at radius 2 is 2.58 bits per heavy atom. The molecule has 0 unspecified atom stereocenters. The van der Waals surface area contributed by atoms with Crippen molar-refractivity contribution in [3.05, 3.63) is 22.4 Å². The van der Waals surface area contributed by atoms with Crippen LogP contribution < -0.4 is 0 Å².